The third kappa shape index (κ3) is 2.81. The quantitative estimate of drug-likeness (QED) is 0.707. The number of hydrogen-bond donors (Lipinski definition) is 0. The Morgan fingerprint density at radius 2 is 1.93 bits per heavy atom. The van der Waals surface area contributed by atoms with Crippen LogP contribution in [0.3, 0.4) is 0 Å². The lowest BCUT2D eigenvalue weighted by Gasteiger charge is -2.11. The van der Waals surface area contributed by atoms with Crippen LogP contribution in [0.25, 0.3) is 4.85 Å². The predicted octanol–water partition coefficient (Wildman–Crippen LogP) is 2.82. The molecule has 15 heavy (non-hydrogen) atoms. The highest BCUT2D eigenvalue weighted by Gasteiger charge is 2.06. The van der Waals surface area contributed by atoms with Crippen molar-refractivity contribution in [2.45, 2.75) is 20.8 Å². The summed E-state index contributed by atoms with van der Waals surface area (Å²) in [5.41, 5.74) is 2.38. The van der Waals surface area contributed by atoms with Gasteiger partial charge < -0.3 is 4.74 Å². The summed E-state index contributed by atoms with van der Waals surface area (Å²) in [5.74, 6) is 0.695. The third-order valence-corrected chi connectivity index (χ3v) is 1.99. The number of rotatable bonds is 3. The monoisotopic (exact) mass is 203 g/mol. The van der Waals surface area contributed by atoms with E-state index < -0.39 is 0 Å². The van der Waals surface area contributed by atoms with E-state index in [0.29, 0.717) is 11.4 Å². The minimum absolute atomic E-state index is 0.0111. The Kier molecular flexibility index (Phi) is 3.46. The van der Waals surface area contributed by atoms with E-state index in [1.165, 1.54) is 6.92 Å². The average molecular weight is 203 g/mol. The number of nitrogens with zero attached hydrogens (tertiary/aromatic N) is 1. The fraction of sp³-hybridized carbons (Fsp3) is 0.333. The maximum atomic E-state index is 10.8. The lowest BCUT2D eigenvalue weighted by Crippen LogP contribution is -2.08. The Hall–Kier alpha value is -1.82. The molecule has 3 heteroatoms. The van der Waals surface area contributed by atoms with Crippen molar-refractivity contribution in [3.63, 3.8) is 0 Å². The molecule has 0 N–H and O–H groups in total. The highest BCUT2D eigenvalue weighted by molar-refractivity contribution is 5.77. The summed E-state index contributed by atoms with van der Waals surface area (Å²) in [4.78, 5) is 14.1. The van der Waals surface area contributed by atoms with Crippen molar-refractivity contribution in [2.75, 3.05) is 6.61 Å². The highest BCUT2D eigenvalue weighted by atomic mass is 16.5. The SMILES string of the molecule is [C-]#[N+]c1cc(C)c(OCC(C)=O)c(C)c1. The molecule has 0 aliphatic rings. The first-order valence-corrected chi connectivity index (χ1v) is 4.65. The molecule has 0 saturated carbocycles. The molecular formula is C12H13NO2. The van der Waals surface area contributed by atoms with Crippen LogP contribution in [0.5, 0.6) is 5.75 Å². The first kappa shape index (κ1) is 11.3. The van der Waals surface area contributed by atoms with Gasteiger partial charge in [0.2, 0.25) is 0 Å². The Bertz CT molecular complexity index is 407. The van der Waals surface area contributed by atoms with Gasteiger partial charge in [-0.2, -0.15) is 0 Å². The van der Waals surface area contributed by atoms with Crippen molar-refractivity contribution in [1.29, 1.82) is 0 Å². The second kappa shape index (κ2) is 4.61. The van der Waals surface area contributed by atoms with Crippen LogP contribution in [-0.4, -0.2) is 12.4 Å². The average Bonchev–Trinajstić information content (AvgIpc) is 2.15. The Morgan fingerprint density at radius 1 is 1.40 bits per heavy atom. The zero-order chi connectivity index (χ0) is 11.4. The number of aryl methyl sites for hydroxylation is 2. The Labute approximate surface area is 89.5 Å². The first-order valence-electron chi connectivity index (χ1n) is 4.65. The number of ether oxygens (including phenoxy) is 1. The number of carbonyl (C=O) groups is 1. The number of ketones is 1. The molecule has 3 nitrogen and oxygen atoms in total. The second-order valence-electron chi connectivity index (χ2n) is 3.51. The van der Waals surface area contributed by atoms with E-state index >= 15 is 0 Å². The molecule has 0 unspecified atom stereocenters. The molecule has 0 saturated heterocycles. The molecule has 0 atom stereocenters. The molecule has 0 spiro atoms. The van der Waals surface area contributed by atoms with Crippen molar-refractivity contribution in [1.82, 2.24) is 0 Å². The van der Waals surface area contributed by atoms with Crippen LogP contribution in [0, 0.1) is 20.4 Å². The first-order chi connectivity index (χ1) is 7.04. The fourth-order valence-corrected chi connectivity index (χ4v) is 1.39. The zero-order valence-electron chi connectivity index (χ0n) is 9.13. The van der Waals surface area contributed by atoms with E-state index in [1.54, 1.807) is 12.1 Å². The van der Waals surface area contributed by atoms with Crippen LogP contribution in [0.15, 0.2) is 12.1 Å². The topological polar surface area (TPSA) is 30.7 Å². The second-order valence-corrected chi connectivity index (χ2v) is 3.51. The van der Waals surface area contributed by atoms with Crippen molar-refractivity contribution < 1.29 is 9.53 Å². The number of benzene rings is 1. The van der Waals surface area contributed by atoms with E-state index in [1.807, 2.05) is 13.8 Å². The van der Waals surface area contributed by atoms with E-state index in [2.05, 4.69) is 4.85 Å². The highest BCUT2D eigenvalue weighted by Crippen LogP contribution is 2.28. The summed E-state index contributed by atoms with van der Waals surface area (Å²) in [6.45, 7) is 12.2. The molecule has 0 bridgehead atoms. The van der Waals surface area contributed by atoms with Gasteiger partial charge in [-0.15, -0.1) is 0 Å². The van der Waals surface area contributed by atoms with E-state index in [4.69, 9.17) is 11.3 Å². The molecule has 0 fully saturated rings. The van der Waals surface area contributed by atoms with Gasteiger partial charge in [-0.3, -0.25) is 4.79 Å². The van der Waals surface area contributed by atoms with Crippen molar-refractivity contribution >= 4 is 11.5 Å². The van der Waals surface area contributed by atoms with Crippen molar-refractivity contribution in [3.05, 3.63) is 34.7 Å². The van der Waals surface area contributed by atoms with Gasteiger partial charge in [0, 0.05) is 0 Å². The van der Waals surface area contributed by atoms with Gasteiger partial charge in [0.15, 0.2) is 11.5 Å². The summed E-state index contributed by atoms with van der Waals surface area (Å²) in [6, 6.07) is 3.52. The minimum Gasteiger partial charge on any atom is -0.485 e. The minimum atomic E-state index is -0.0111. The Morgan fingerprint density at radius 3 is 2.33 bits per heavy atom. The molecular weight excluding hydrogens is 190 g/mol. The van der Waals surface area contributed by atoms with E-state index in [-0.39, 0.29) is 12.4 Å². The van der Waals surface area contributed by atoms with Gasteiger partial charge in [0.05, 0.1) is 6.57 Å². The lowest BCUT2D eigenvalue weighted by atomic mass is 10.1. The predicted molar refractivity (Wildman–Crippen MR) is 58.4 cm³/mol. The number of hydrogen-bond acceptors (Lipinski definition) is 2. The van der Waals surface area contributed by atoms with Crippen LogP contribution < -0.4 is 4.74 Å². The zero-order valence-corrected chi connectivity index (χ0v) is 9.13. The molecule has 78 valence electrons. The van der Waals surface area contributed by atoms with Crippen LogP contribution in [-0.2, 0) is 4.79 Å². The molecule has 0 aromatic heterocycles. The van der Waals surface area contributed by atoms with Gasteiger partial charge in [0.25, 0.3) is 0 Å². The smallest absolute Gasteiger partial charge is 0.188 e. The third-order valence-electron chi connectivity index (χ3n) is 1.99. The van der Waals surface area contributed by atoms with Gasteiger partial charge in [0.1, 0.15) is 12.4 Å². The van der Waals surface area contributed by atoms with Crippen molar-refractivity contribution in [2.24, 2.45) is 0 Å². The number of carbonyl (C=O) groups excluding carboxylic acids is 1. The molecule has 1 aromatic carbocycles. The summed E-state index contributed by atoms with van der Waals surface area (Å²) >= 11 is 0. The number of Topliss-reactive ketones (excluding diaryl/α,β-unsaturated/α-hetero) is 1. The Balaban J connectivity index is 2.99. The summed E-state index contributed by atoms with van der Waals surface area (Å²) < 4.78 is 5.38. The van der Waals surface area contributed by atoms with Gasteiger partial charge >= 0.3 is 0 Å². The molecule has 0 aliphatic heterocycles. The molecule has 1 rings (SSSR count). The summed E-state index contributed by atoms with van der Waals surface area (Å²) in [7, 11) is 0. The summed E-state index contributed by atoms with van der Waals surface area (Å²) in [6.07, 6.45) is 0. The van der Waals surface area contributed by atoms with Crippen LogP contribution in [0.4, 0.5) is 5.69 Å². The molecule has 1 aromatic rings. The van der Waals surface area contributed by atoms with Gasteiger partial charge in [-0.05, 0) is 44.0 Å². The van der Waals surface area contributed by atoms with E-state index in [0.717, 1.165) is 11.1 Å². The molecule has 0 amide bonds. The van der Waals surface area contributed by atoms with Crippen LogP contribution in [0.1, 0.15) is 18.1 Å². The molecule has 0 radical (unpaired) electrons. The largest absolute Gasteiger partial charge is 0.485 e. The fourth-order valence-electron chi connectivity index (χ4n) is 1.39. The standard InChI is InChI=1S/C12H13NO2/c1-8-5-11(13-4)6-9(2)12(8)15-7-10(3)14/h5-6H,7H2,1-3H3. The maximum Gasteiger partial charge on any atom is 0.188 e. The van der Waals surface area contributed by atoms with Gasteiger partial charge in [-0.25, -0.2) is 4.85 Å². The lowest BCUT2D eigenvalue weighted by molar-refractivity contribution is -0.118. The van der Waals surface area contributed by atoms with Crippen LogP contribution >= 0.6 is 0 Å². The van der Waals surface area contributed by atoms with Crippen molar-refractivity contribution in [3.8, 4) is 5.75 Å². The molecule has 0 heterocycles. The van der Waals surface area contributed by atoms with Crippen LogP contribution in [0.2, 0.25) is 0 Å². The van der Waals surface area contributed by atoms with Gasteiger partial charge in [-0.1, -0.05) is 0 Å². The summed E-state index contributed by atoms with van der Waals surface area (Å²) in [5, 5.41) is 0. The normalized spacial score (nSPS) is 9.47. The molecule has 0 aliphatic carbocycles. The van der Waals surface area contributed by atoms with E-state index in [9.17, 15) is 4.79 Å². The maximum absolute atomic E-state index is 10.8.